The van der Waals surface area contributed by atoms with Gasteiger partial charge >= 0.3 is 6.09 Å². The van der Waals surface area contributed by atoms with Gasteiger partial charge in [-0.2, -0.15) is 0 Å². The van der Waals surface area contributed by atoms with Gasteiger partial charge in [-0.05, 0) is 68.7 Å². The first-order valence-corrected chi connectivity index (χ1v) is 8.33. The van der Waals surface area contributed by atoms with Crippen LogP contribution >= 0.6 is 15.9 Å². The molecule has 0 radical (unpaired) electrons. The highest BCUT2D eigenvalue weighted by Crippen LogP contribution is 2.26. The summed E-state index contributed by atoms with van der Waals surface area (Å²) in [5.41, 5.74) is 0.594. The number of hydrogen-bond acceptors (Lipinski definition) is 4. The third-order valence-corrected chi connectivity index (χ3v) is 4.08. The molecule has 1 aliphatic rings. The highest BCUT2D eigenvalue weighted by atomic mass is 79.9. The van der Waals surface area contributed by atoms with Gasteiger partial charge in [-0.1, -0.05) is 6.07 Å². The largest absolute Gasteiger partial charge is 0.444 e. The topological polar surface area (TPSA) is 54.5 Å². The molecule has 0 aromatic carbocycles. The zero-order chi connectivity index (χ0) is 16.3. The molecule has 1 fully saturated rings. The van der Waals surface area contributed by atoms with E-state index in [0.717, 1.165) is 29.7 Å². The van der Waals surface area contributed by atoms with Crippen molar-refractivity contribution in [3.05, 3.63) is 28.5 Å². The van der Waals surface area contributed by atoms with E-state index >= 15 is 0 Å². The molecule has 1 saturated carbocycles. The molecule has 1 N–H and O–H groups in total. The van der Waals surface area contributed by atoms with E-state index in [-0.39, 0.29) is 12.1 Å². The first-order valence-electron chi connectivity index (χ1n) is 7.54. The van der Waals surface area contributed by atoms with Gasteiger partial charge in [-0.25, -0.2) is 9.78 Å². The predicted octanol–water partition coefficient (Wildman–Crippen LogP) is 3.33. The number of ether oxygens (including phenoxy) is 1. The van der Waals surface area contributed by atoms with E-state index in [1.165, 1.54) is 0 Å². The second-order valence-corrected chi connectivity index (χ2v) is 7.65. The Morgan fingerprint density at radius 3 is 2.73 bits per heavy atom. The van der Waals surface area contributed by atoms with Gasteiger partial charge in [0.2, 0.25) is 0 Å². The van der Waals surface area contributed by atoms with E-state index in [1.807, 2.05) is 39.0 Å². The first-order chi connectivity index (χ1) is 10.2. The van der Waals surface area contributed by atoms with Crippen molar-refractivity contribution in [3.63, 3.8) is 0 Å². The summed E-state index contributed by atoms with van der Waals surface area (Å²) in [5.74, 6) is 0. The zero-order valence-electron chi connectivity index (χ0n) is 13.6. The molecule has 0 spiro atoms. The van der Waals surface area contributed by atoms with Crippen LogP contribution in [0.4, 0.5) is 4.79 Å². The van der Waals surface area contributed by atoms with E-state index in [9.17, 15) is 4.79 Å². The molecule has 1 aromatic heterocycles. The van der Waals surface area contributed by atoms with Crippen LogP contribution in [0.5, 0.6) is 0 Å². The van der Waals surface area contributed by atoms with Crippen LogP contribution in [-0.2, 0) is 11.3 Å². The van der Waals surface area contributed by atoms with E-state index in [0.29, 0.717) is 6.04 Å². The maximum absolute atomic E-state index is 11.7. The Labute approximate surface area is 140 Å². The number of halogens is 1. The SMILES string of the molecule is CN(Cc1cccc(Br)n1)C1CC(NC(=O)OC(C)(C)C)C1. The van der Waals surface area contributed by atoms with Crippen LogP contribution in [0.3, 0.4) is 0 Å². The Balaban J connectivity index is 1.73. The van der Waals surface area contributed by atoms with Crippen LogP contribution in [0.15, 0.2) is 22.8 Å². The van der Waals surface area contributed by atoms with Crippen molar-refractivity contribution < 1.29 is 9.53 Å². The van der Waals surface area contributed by atoms with Gasteiger partial charge in [0.05, 0.1) is 5.69 Å². The molecule has 1 amide bonds. The van der Waals surface area contributed by atoms with Gasteiger partial charge in [0.1, 0.15) is 10.2 Å². The quantitative estimate of drug-likeness (QED) is 0.826. The van der Waals surface area contributed by atoms with Crippen molar-refractivity contribution in [2.45, 2.75) is 57.8 Å². The highest BCUT2D eigenvalue weighted by molar-refractivity contribution is 9.10. The molecule has 1 aromatic rings. The summed E-state index contributed by atoms with van der Waals surface area (Å²) in [6.45, 7) is 6.42. The number of nitrogens with one attached hydrogen (secondary N) is 1. The smallest absolute Gasteiger partial charge is 0.407 e. The summed E-state index contributed by atoms with van der Waals surface area (Å²) in [4.78, 5) is 18.4. The van der Waals surface area contributed by atoms with Crippen molar-refractivity contribution in [1.29, 1.82) is 0 Å². The fourth-order valence-electron chi connectivity index (χ4n) is 2.46. The van der Waals surface area contributed by atoms with Crippen molar-refractivity contribution in [3.8, 4) is 0 Å². The minimum absolute atomic E-state index is 0.206. The highest BCUT2D eigenvalue weighted by Gasteiger charge is 2.34. The van der Waals surface area contributed by atoms with Gasteiger partial charge in [0.15, 0.2) is 0 Å². The van der Waals surface area contributed by atoms with Gasteiger partial charge in [-0.15, -0.1) is 0 Å². The van der Waals surface area contributed by atoms with Crippen molar-refractivity contribution in [2.75, 3.05) is 7.05 Å². The van der Waals surface area contributed by atoms with Gasteiger partial charge < -0.3 is 10.1 Å². The average molecular weight is 370 g/mol. The number of pyridine rings is 1. The Hall–Kier alpha value is -1.14. The molecule has 5 nitrogen and oxygen atoms in total. The summed E-state index contributed by atoms with van der Waals surface area (Å²) < 4.78 is 6.13. The molecule has 6 heteroatoms. The molecule has 22 heavy (non-hydrogen) atoms. The molecule has 0 saturated heterocycles. The standard InChI is InChI=1S/C16H24BrN3O2/c1-16(2,3)22-15(21)19-12-8-13(9-12)20(4)10-11-6-5-7-14(17)18-11/h5-7,12-13H,8-10H2,1-4H3,(H,19,21). The lowest BCUT2D eigenvalue weighted by Gasteiger charge is -2.41. The molecular weight excluding hydrogens is 346 g/mol. The number of carbonyl (C=O) groups is 1. The Morgan fingerprint density at radius 2 is 2.14 bits per heavy atom. The maximum Gasteiger partial charge on any atom is 0.407 e. The predicted molar refractivity (Wildman–Crippen MR) is 89.6 cm³/mol. The average Bonchev–Trinajstić information content (AvgIpc) is 2.30. The van der Waals surface area contributed by atoms with Gasteiger partial charge in [0.25, 0.3) is 0 Å². The second-order valence-electron chi connectivity index (χ2n) is 6.84. The van der Waals surface area contributed by atoms with Crippen LogP contribution in [0, 0.1) is 0 Å². The number of rotatable bonds is 4. The maximum atomic E-state index is 11.7. The molecule has 0 unspecified atom stereocenters. The lowest BCUT2D eigenvalue weighted by molar-refractivity contribution is 0.0408. The van der Waals surface area contributed by atoms with Gasteiger partial charge in [0, 0.05) is 18.6 Å². The molecule has 2 rings (SSSR count). The minimum Gasteiger partial charge on any atom is -0.444 e. The van der Waals surface area contributed by atoms with Crippen LogP contribution in [0.25, 0.3) is 0 Å². The first kappa shape index (κ1) is 17.2. The number of amides is 1. The number of aromatic nitrogens is 1. The lowest BCUT2D eigenvalue weighted by atomic mass is 9.85. The van der Waals surface area contributed by atoms with E-state index in [1.54, 1.807) is 0 Å². The molecule has 122 valence electrons. The summed E-state index contributed by atoms with van der Waals surface area (Å²) in [7, 11) is 2.09. The van der Waals surface area contributed by atoms with Crippen molar-refractivity contribution in [2.24, 2.45) is 0 Å². The summed E-state index contributed by atoms with van der Waals surface area (Å²) in [6, 6.07) is 6.62. The Morgan fingerprint density at radius 1 is 1.45 bits per heavy atom. The number of alkyl carbamates (subject to hydrolysis) is 1. The monoisotopic (exact) mass is 369 g/mol. The molecule has 0 bridgehead atoms. The summed E-state index contributed by atoms with van der Waals surface area (Å²) in [5, 5.41) is 2.92. The minimum atomic E-state index is -0.448. The molecular formula is C16H24BrN3O2. The third kappa shape index (κ3) is 5.25. The number of carbonyl (C=O) groups excluding carboxylic acids is 1. The normalized spacial score (nSPS) is 21.4. The summed E-state index contributed by atoms with van der Waals surface area (Å²) >= 11 is 3.39. The van der Waals surface area contributed by atoms with E-state index in [4.69, 9.17) is 4.74 Å². The van der Waals surface area contributed by atoms with Crippen molar-refractivity contribution in [1.82, 2.24) is 15.2 Å². The van der Waals surface area contributed by atoms with E-state index < -0.39 is 5.60 Å². The summed E-state index contributed by atoms with van der Waals surface area (Å²) in [6.07, 6.45) is 1.57. The second kappa shape index (κ2) is 6.96. The van der Waals surface area contributed by atoms with Crippen LogP contribution in [0.1, 0.15) is 39.3 Å². The van der Waals surface area contributed by atoms with Crippen molar-refractivity contribution >= 4 is 22.0 Å². The fourth-order valence-corrected chi connectivity index (χ4v) is 2.84. The molecule has 0 atom stereocenters. The fraction of sp³-hybridized carbons (Fsp3) is 0.625. The molecule has 1 heterocycles. The van der Waals surface area contributed by atoms with Crippen LogP contribution < -0.4 is 5.32 Å². The van der Waals surface area contributed by atoms with Crippen LogP contribution in [0.2, 0.25) is 0 Å². The Kier molecular flexibility index (Phi) is 5.45. The Bertz CT molecular complexity index is 524. The lowest BCUT2D eigenvalue weighted by Crippen LogP contribution is -2.53. The zero-order valence-corrected chi connectivity index (χ0v) is 15.2. The molecule has 1 aliphatic carbocycles. The van der Waals surface area contributed by atoms with Gasteiger partial charge in [-0.3, -0.25) is 4.90 Å². The molecule has 0 aliphatic heterocycles. The third-order valence-electron chi connectivity index (χ3n) is 3.64. The number of hydrogen-bond donors (Lipinski definition) is 1. The number of nitrogens with zero attached hydrogens (tertiary/aromatic N) is 2. The van der Waals surface area contributed by atoms with E-state index in [2.05, 4.69) is 38.2 Å². The van der Waals surface area contributed by atoms with Crippen LogP contribution in [-0.4, -0.2) is 40.7 Å².